The molecule has 0 aliphatic rings. The highest BCUT2D eigenvalue weighted by atomic mass is 79.9. The van der Waals surface area contributed by atoms with Crippen molar-refractivity contribution in [3.8, 4) is 0 Å². The highest BCUT2D eigenvalue weighted by Gasteiger charge is 2.09. The predicted octanol–water partition coefficient (Wildman–Crippen LogP) is 2.53. The lowest BCUT2D eigenvalue weighted by Gasteiger charge is -2.15. The molecule has 0 heterocycles. The molecular weight excluding hydrogens is 288 g/mol. The van der Waals surface area contributed by atoms with Gasteiger partial charge in [-0.25, -0.2) is 0 Å². The van der Waals surface area contributed by atoms with Gasteiger partial charge >= 0.3 is 0 Å². The van der Waals surface area contributed by atoms with Gasteiger partial charge in [-0.2, -0.15) is 0 Å². The molecule has 3 N–H and O–H groups in total. The third-order valence-electron chi connectivity index (χ3n) is 2.24. The van der Waals surface area contributed by atoms with Crippen molar-refractivity contribution in [3.63, 3.8) is 0 Å². The molecule has 0 saturated heterocycles. The molecule has 0 bridgehead atoms. The Hall–Kier alpha value is -0.650. The van der Waals surface area contributed by atoms with Crippen LogP contribution < -0.4 is 11.1 Å². The van der Waals surface area contributed by atoms with Crippen LogP contribution in [0.25, 0.3) is 0 Å². The summed E-state index contributed by atoms with van der Waals surface area (Å²) in [5.74, 6) is 0. The maximum absolute atomic E-state index is 5.68. The summed E-state index contributed by atoms with van der Waals surface area (Å²) in [6.45, 7) is 2.70. The molecule has 1 rings (SSSR count). The van der Waals surface area contributed by atoms with Gasteiger partial charge in [-0.3, -0.25) is 0 Å². The van der Waals surface area contributed by atoms with Gasteiger partial charge in [0.1, 0.15) is 4.99 Å². The molecule has 0 spiro atoms. The molecule has 5 heteroatoms. The number of thiocarbonyl (C=S) groups is 1. The Morgan fingerprint density at radius 1 is 1.62 bits per heavy atom. The van der Waals surface area contributed by atoms with E-state index in [2.05, 4.69) is 21.2 Å². The molecular formula is C11H15BrN2OS. The number of benzene rings is 1. The highest BCUT2D eigenvalue weighted by molar-refractivity contribution is 9.10. The minimum atomic E-state index is 0.137. The summed E-state index contributed by atoms with van der Waals surface area (Å²) in [6.07, 6.45) is 0.137. The Bertz CT molecular complexity index is 384. The van der Waals surface area contributed by atoms with Crippen molar-refractivity contribution >= 4 is 38.8 Å². The molecule has 88 valence electrons. The Morgan fingerprint density at radius 3 is 2.88 bits per heavy atom. The van der Waals surface area contributed by atoms with Crippen LogP contribution in [0.5, 0.6) is 0 Å². The van der Waals surface area contributed by atoms with Crippen molar-refractivity contribution in [3.05, 3.63) is 28.2 Å². The zero-order valence-electron chi connectivity index (χ0n) is 9.29. The number of anilines is 1. The predicted molar refractivity (Wildman–Crippen MR) is 75.0 cm³/mol. The van der Waals surface area contributed by atoms with E-state index in [9.17, 15) is 0 Å². The van der Waals surface area contributed by atoms with Crippen LogP contribution >= 0.6 is 28.1 Å². The first-order valence-electron chi connectivity index (χ1n) is 4.91. The van der Waals surface area contributed by atoms with Crippen LogP contribution in [0.15, 0.2) is 22.7 Å². The van der Waals surface area contributed by atoms with Gasteiger partial charge in [-0.1, -0.05) is 18.3 Å². The van der Waals surface area contributed by atoms with Crippen LogP contribution in [0.1, 0.15) is 12.5 Å². The number of halogens is 1. The maximum Gasteiger partial charge on any atom is 0.107 e. The van der Waals surface area contributed by atoms with Gasteiger partial charge in [0.2, 0.25) is 0 Å². The van der Waals surface area contributed by atoms with Crippen molar-refractivity contribution < 1.29 is 4.74 Å². The van der Waals surface area contributed by atoms with E-state index in [1.54, 1.807) is 7.11 Å². The van der Waals surface area contributed by atoms with Crippen LogP contribution in [0, 0.1) is 0 Å². The second-order valence-electron chi connectivity index (χ2n) is 3.45. The Morgan fingerprint density at radius 2 is 2.31 bits per heavy atom. The first-order valence-corrected chi connectivity index (χ1v) is 6.11. The molecule has 0 saturated carbocycles. The third-order valence-corrected chi connectivity index (χ3v) is 3.11. The summed E-state index contributed by atoms with van der Waals surface area (Å²) < 4.78 is 6.06. The van der Waals surface area contributed by atoms with Crippen LogP contribution in [-0.2, 0) is 4.74 Å². The monoisotopic (exact) mass is 302 g/mol. The summed E-state index contributed by atoms with van der Waals surface area (Å²) >= 11 is 8.45. The molecule has 0 amide bonds. The van der Waals surface area contributed by atoms with Gasteiger partial charge in [0, 0.05) is 29.4 Å². The molecule has 1 unspecified atom stereocenters. The van der Waals surface area contributed by atoms with Gasteiger partial charge in [-0.15, -0.1) is 0 Å². The van der Waals surface area contributed by atoms with Crippen molar-refractivity contribution in [1.82, 2.24) is 0 Å². The van der Waals surface area contributed by atoms with Gasteiger partial charge in [0.25, 0.3) is 0 Å². The number of ether oxygens (including phenoxy) is 1. The second kappa shape index (κ2) is 6.18. The summed E-state index contributed by atoms with van der Waals surface area (Å²) in [4.78, 5) is 0.375. The van der Waals surface area contributed by atoms with E-state index >= 15 is 0 Å². The first-order chi connectivity index (χ1) is 7.56. The zero-order valence-corrected chi connectivity index (χ0v) is 11.7. The average molecular weight is 303 g/mol. The standard InChI is InChI=1S/C11H15BrN2OS/c1-7(15-2)6-14-9-5-3-4-8(12)10(9)11(13)16/h3-5,7,14H,6H2,1-2H3,(H2,13,16). The molecule has 16 heavy (non-hydrogen) atoms. The van der Waals surface area contributed by atoms with E-state index in [1.165, 1.54) is 0 Å². The van der Waals surface area contributed by atoms with Crippen molar-refractivity contribution in [1.29, 1.82) is 0 Å². The van der Waals surface area contributed by atoms with Gasteiger partial charge in [0.15, 0.2) is 0 Å². The average Bonchev–Trinajstić information content (AvgIpc) is 2.25. The molecule has 1 aromatic carbocycles. The van der Waals surface area contributed by atoms with Crippen molar-refractivity contribution in [2.75, 3.05) is 19.0 Å². The van der Waals surface area contributed by atoms with Gasteiger partial charge < -0.3 is 15.8 Å². The summed E-state index contributed by atoms with van der Waals surface area (Å²) in [7, 11) is 1.68. The molecule has 3 nitrogen and oxygen atoms in total. The van der Waals surface area contributed by atoms with Crippen LogP contribution in [0.2, 0.25) is 0 Å². The van der Waals surface area contributed by atoms with E-state index in [-0.39, 0.29) is 6.10 Å². The second-order valence-corrected chi connectivity index (χ2v) is 4.75. The first kappa shape index (κ1) is 13.4. The molecule has 0 aliphatic carbocycles. The Kier molecular flexibility index (Phi) is 5.18. The third kappa shape index (κ3) is 3.43. The molecule has 1 aromatic rings. The number of rotatable bonds is 5. The normalized spacial score (nSPS) is 12.2. The fourth-order valence-corrected chi connectivity index (χ4v) is 2.19. The number of hydrogen-bond donors (Lipinski definition) is 2. The summed E-state index contributed by atoms with van der Waals surface area (Å²) in [6, 6.07) is 5.80. The van der Waals surface area contributed by atoms with E-state index < -0.39 is 0 Å². The molecule has 0 aromatic heterocycles. The fraction of sp³-hybridized carbons (Fsp3) is 0.364. The topological polar surface area (TPSA) is 47.3 Å². The van der Waals surface area contributed by atoms with E-state index in [1.807, 2.05) is 25.1 Å². The van der Waals surface area contributed by atoms with Crippen LogP contribution in [0.3, 0.4) is 0 Å². The number of hydrogen-bond acceptors (Lipinski definition) is 3. The zero-order chi connectivity index (χ0) is 12.1. The lowest BCUT2D eigenvalue weighted by molar-refractivity contribution is 0.129. The van der Waals surface area contributed by atoms with E-state index in [0.29, 0.717) is 11.5 Å². The van der Waals surface area contributed by atoms with Crippen LogP contribution in [0.4, 0.5) is 5.69 Å². The minimum Gasteiger partial charge on any atom is -0.389 e. The minimum absolute atomic E-state index is 0.137. The van der Waals surface area contributed by atoms with E-state index in [0.717, 1.165) is 15.7 Å². The molecule has 1 atom stereocenters. The lowest BCUT2D eigenvalue weighted by atomic mass is 10.1. The number of nitrogens with one attached hydrogen (secondary N) is 1. The largest absolute Gasteiger partial charge is 0.389 e. The van der Waals surface area contributed by atoms with E-state index in [4.69, 9.17) is 22.7 Å². The fourth-order valence-electron chi connectivity index (χ4n) is 1.26. The maximum atomic E-state index is 5.68. The summed E-state index contributed by atoms with van der Waals surface area (Å²) in [5, 5.41) is 3.26. The SMILES string of the molecule is COC(C)CNc1cccc(Br)c1C(N)=S. The quantitative estimate of drug-likeness (QED) is 0.821. The highest BCUT2D eigenvalue weighted by Crippen LogP contribution is 2.24. The van der Waals surface area contributed by atoms with Gasteiger partial charge in [0.05, 0.1) is 6.10 Å². The summed E-state index contributed by atoms with van der Waals surface area (Å²) in [5.41, 5.74) is 7.44. The molecule has 0 aliphatic heterocycles. The number of methoxy groups -OCH3 is 1. The van der Waals surface area contributed by atoms with Crippen molar-refractivity contribution in [2.24, 2.45) is 5.73 Å². The van der Waals surface area contributed by atoms with Crippen LogP contribution in [-0.4, -0.2) is 24.7 Å². The Balaban J connectivity index is 2.87. The molecule has 0 fully saturated rings. The Labute approximate surface area is 109 Å². The van der Waals surface area contributed by atoms with Crippen molar-refractivity contribution in [2.45, 2.75) is 13.0 Å². The smallest absolute Gasteiger partial charge is 0.107 e. The van der Waals surface area contributed by atoms with Gasteiger partial charge in [-0.05, 0) is 35.0 Å². The lowest BCUT2D eigenvalue weighted by Crippen LogP contribution is -2.21. The number of nitrogens with two attached hydrogens (primary N) is 1. The molecule has 0 radical (unpaired) electrons.